The first-order valence-electron chi connectivity index (χ1n) is 8.02. The van der Waals surface area contributed by atoms with Crippen molar-refractivity contribution in [3.05, 3.63) is 0 Å². The van der Waals surface area contributed by atoms with Crippen LogP contribution in [0.1, 0.15) is 51.4 Å². The number of ether oxygens (including phenoxy) is 1. The standard InChI is InChI=1S/C15H28N2O/c1-2-6-13(5-1)18-12-9-16-14-8-11-17-10-4-3-7-15(14)17/h13-16H,1-12H2. The molecule has 2 saturated heterocycles. The van der Waals surface area contributed by atoms with Gasteiger partial charge in [0.25, 0.3) is 0 Å². The molecule has 0 aromatic rings. The summed E-state index contributed by atoms with van der Waals surface area (Å²) in [6.45, 7) is 4.60. The second kappa shape index (κ2) is 6.36. The van der Waals surface area contributed by atoms with E-state index in [0.717, 1.165) is 25.2 Å². The Bertz CT molecular complexity index is 253. The lowest BCUT2D eigenvalue weighted by Crippen LogP contribution is -2.45. The van der Waals surface area contributed by atoms with E-state index in [1.54, 1.807) is 0 Å². The van der Waals surface area contributed by atoms with E-state index < -0.39 is 0 Å². The van der Waals surface area contributed by atoms with Crippen LogP contribution in [0.2, 0.25) is 0 Å². The lowest BCUT2D eigenvalue weighted by molar-refractivity contribution is 0.0579. The van der Waals surface area contributed by atoms with E-state index >= 15 is 0 Å². The smallest absolute Gasteiger partial charge is 0.0594 e. The number of piperidine rings is 1. The van der Waals surface area contributed by atoms with Crippen molar-refractivity contribution in [1.29, 1.82) is 0 Å². The molecule has 0 bridgehead atoms. The van der Waals surface area contributed by atoms with Crippen molar-refractivity contribution in [3.8, 4) is 0 Å². The van der Waals surface area contributed by atoms with Gasteiger partial charge < -0.3 is 10.1 Å². The van der Waals surface area contributed by atoms with Crippen molar-refractivity contribution in [1.82, 2.24) is 10.2 Å². The molecule has 2 aliphatic heterocycles. The zero-order valence-corrected chi connectivity index (χ0v) is 11.6. The van der Waals surface area contributed by atoms with Crippen molar-refractivity contribution in [2.75, 3.05) is 26.2 Å². The summed E-state index contributed by atoms with van der Waals surface area (Å²) in [6, 6.07) is 1.56. The van der Waals surface area contributed by atoms with Crippen LogP contribution in [0.25, 0.3) is 0 Å². The lowest BCUT2D eigenvalue weighted by atomic mass is 9.99. The fraction of sp³-hybridized carbons (Fsp3) is 1.00. The molecule has 1 saturated carbocycles. The monoisotopic (exact) mass is 252 g/mol. The third-order valence-corrected chi connectivity index (χ3v) is 5.02. The van der Waals surface area contributed by atoms with Gasteiger partial charge in [-0.1, -0.05) is 19.3 Å². The molecule has 3 aliphatic rings. The zero-order valence-electron chi connectivity index (χ0n) is 11.6. The Hall–Kier alpha value is -0.120. The Kier molecular flexibility index (Phi) is 4.55. The van der Waals surface area contributed by atoms with Gasteiger partial charge in [-0.15, -0.1) is 0 Å². The molecule has 0 radical (unpaired) electrons. The minimum Gasteiger partial charge on any atom is -0.377 e. The summed E-state index contributed by atoms with van der Waals surface area (Å²) in [5.41, 5.74) is 0. The number of nitrogens with zero attached hydrogens (tertiary/aromatic N) is 1. The molecule has 3 nitrogen and oxygen atoms in total. The normalized spacial score (nSPS) is 34.0. The van der Waals surface area contributed by atoms with Crippen LogP contribution in [-0.4, -0.2) is 49.3 Å². The molecule has 3 rings (SSSR count). The molecule has 18 heavy (non-hydrogen) atoms. The third kappa shape index (κ3) is 3.06. The SMILES string of the molecule is C1CCC(OCCNC2CCN3CCCCC23)C1. The summed E-state index contributed by atoms with van der Waals surface area (Å²) in [6.07, 6.45) is 11.5. The molecule has 0 amide bonds. The van der Waals surface area contributed by atoms with Crippen LogP contribution in [0.4, 0.5) is 0 Å². The average Bonchev–Trinajstić information content (AvgIpc) is 3.04. The van der Waals surface area contributed by atoms with Gasteiger partial charge in [-0.2, -0.15) is 0 Å². The largest absolute Gasteiger partial charge is 0.377 e. The molecule has 0 aromatic heterocycles. The van der Waals surface area contributed by atoms with E-state index in [2.05, 4.69) is 10.2 Å². The fourth-order valence-corrected chi connectivity index (χ4v) is 4.01. The maximum absolute atomic E-state index is 5.92. The van der Waals surface area contributed by atoms with E-state index in [9.17, 15) is 0 Å². The number of hydrogen-bond donors (Lipinski definition) is 1. The summed E-state index contributed by atoms with van der Waals surface area (Å²) in [4.78, 5) is 2.69. The molecule has 104 valence electrons. The highest BCUT2D eigenvalue weighted by Gasteiger charge is 2.34. The van der Waals surface area contributed by atoms with E-state index in [4.69, 9.17) is 4.74 Å². The number of fused-ring (bicyclic) bond motifs is 1. The van der Waals surface area contributed by atoms with Gasteiger partial charge in [0.1, 0.15) is 0 Å². The molecule has 3 fully saturated rings. The molecule has 0 aromatic carbocycles. The fourth-order valence-electron chi connectivity index (χ4n) is 4.01. The van der Waals surface area contributed by atoms with Crippen molar-refractivity contribution in [2.24, 2.45) is 0 Å². The first-order chi connectivity index (χ1) is 8.93. The van der Waals surface area contributed by atoms with Gasteiger partial charge in [0.15, 0.2) is 0 Å². The van der Waals surface area contributed by atoms with Gasteiger partial charge in [-0.05, 0) is 38.6 Å². The maximum atomic E-state index is 5.92. The van der Waals surface area contributed by atoms with Gasteiger partial charge in [0.05, 0.1) is 12.7 Å². The van der Waals surface area contributed by atoms with Crippen LogP contribution in [0.15, 0.2) is 0 Å². The van der Waals surface area contributed by atoms with E-state index in [0.29, 0.717) is 6.10 Å². The second-order valence-electron chi connectivity index (χ2n) is 6.23. The number of nitrogens with one attached hydrogen (secondary N) is 1. The molecular formula is C15H28N2O. The third-order valence-electron chi connectivity index (χ3n) is 5.02. The highest BCUT2D eigenvalue weighted by atomic mass is 16.5. The molecule has 0 spiro atoms. The van der Waals surface area contributed by atoms with E-state index in [1.807, 2.05) is 0 Å². The van der Waals surface area contributed by atoms with Crippen molar-refractivity contribution in [3.63, 3.8) is 0 Å². The Morgan fingerprint density at radius 3 is 2.67 bits per heavy atom. The van der Waals surface area contributed by atoms with Crippen LogP contribution in [0, 0.1) is 0 Å². The molecule has 1 aliphatic carbocycles. The number of hydrogen-bond acceptors (Lipinski definition) is 3. The predicted molar refractivity (Wildman–Crippen MR) is 73.8 cm³/mol. The Morgan fingerprint density at radius 2 is 1.78 bits per heavy atom. The molecule has 2 heterocycles. The summed E-state index contributed by atoms with van der Waals surface area (Å²) < 4.78 is 5.92. The highest BCUT2D eigenvalue weighted by molar-refractivity contribution is 4.93. The van der Waals surface area contributed by atoms with Crippen LogP contribution < -0.4 is 5.32 Å². The first-order valence-corrected chi connectivity index (χ1v) is 8.02. The zero-order chi connectivity index (χ0) is 12.2. The van der Waals surface area contributed by atoms with Crippen molar-refractivity contribution in [2.45, 2.75) is 69.6 Å². The predicted octanol–water partition coefficient (Wildman–Crippen LogP) is 2.16. The summed E-state index contributed by atoms with van der Waals surface area (Å²) in [7, 11) is 0. The molecule has 3 heteroatoms. The molecule has 2 unspecified atom stereocenters. The average molecular weight is 252 g/mol. The summed E-state index contributed by atoms with van der Waals surface area (Å²) in [5.74, 6) is 0. The van der Waals surface area contributed by atoms with Gasteiger partial charge in [0, 0.05) is 25.2 Å². The quantitative estimate of drug-likeness (QED) is 0.759. The van der Waals surface area contributed by atoms with Gasteiger partial charge in [-0.25, -0.2) is 0 Å². The van der Waals surface area contributed by atoms with Gasteiger partial charge in [-0.3, -0.25) is 4.90 Å². The van der Waals surface area contributed by atoms with Crippen LogP contribution in [0.3, 0.4) is 0 Å². The van der Waals surface area contributed by atoms with Crippen molar-refractivity contribution >= 4 is 0 Å². The molecular weight excluding hydrogens is 224 g/mol. The summed E-state index contributed by atoms with van der Waals surface area (Å²) >= 11 is 0. The van der Waals surface area contributed by atoms with Gasteiger partial charge >= 0.3 is 0 Å². The topological polar surface area (TPSA) is 24.5 Å². The van der Waals surface area contributed by atoms with E-state index in [1.165, 1.54) is 64.5 Å². The highest BCUT2D eigenvalue weighted by Crippen LogP contribution is 2.27. The maximum Gasteiger partial charge on any atom is 0.0594 e. The first kappa shape index (κ1) is 12.9. The molecule has 2 atom stereocenters. The van der Waals surface area contributed by atoms with Crippen LogP contribution in [0.5, 0.6) is 0 Å². The second-order valence-corrected chi connectivity index (χ2v) is 6.23. The number of rotatable bonds is 5. The Balaban J connectivity index is 1.33. The van der Waals surface area contributed by atoms with Crippen LogP contribution in [-0.2, 0) is 4.74 Å². The van der Waals surface area contributed by atoms with Crippen molar-refractivity contribution < 1.29 is 4.74 Å². The van der Waals surface area contributed by atoms with E-state index in [-0.39, 0.29) is 0 Å². The molecule has 1 N–H and O–H groups in total. The Labute approximate surface area is 111 Å². The summed E-state index contributed by atoms with van der Waals surface area (Å²) in [5, 5.41) is 3.74. The minimum atomic E-state index is 0.571. The van der Waals surface area contributed by atoms with Gasteiger partial charge in [0.2, 0.25) is 0 Å². The van der Waals surface area contributed by atoms with Crippen LogP contribution >= 0.6 is 0 Å². The lowest BCUT2D eigenvalue weighted by Gasteiger charge is -2.32. The minimum absolute atomic E-state index is 0.571. The Morgan fingerprint density at radius 1 is 0.944 bits per heavy atom.